The predicted octanol–water partition coefficient (Wildman–Crippen LogP) is 7.38. The zero-order valence-corrected chi connectivity index (χ0v) is 27.7. The summed E-state index contributed by atoms with van der Waals surface area (Å²) in [5.41, 5.74) is 3.53. The molecule has 1 saturated carbocycles. The number of methoxy groups -OCH3 is 1. The van der Waals surface area contributed by atoms with Crippen molar-refractivity contribution in [1.82, 2.24) is 19.1 Å². The van der Waals surface area contributed by atoms with Gasteiger partial charge in [-0.05, 0) is 88.4 Å². The first-order chi connectivity index (χ1) is 21.8. The normalized spacial score (nSPS) is 19.2. The maximum atomic E-state index is 16.1. The maximum absolute atomic E-state index is 16.1. The molecule has 9 nitrogen and oxygen atoms in total. The molecule has 1 fully saturated rings. The molecule has 1 aliphatic carbocycles. The van der Waals surface area contributed by atoms with Gasteiger partial charge in [-0.15, -0.1) is 0 Å². The molecule has 0 unspecified atom stereocenters. The van der Waals surface area contributed by atoms with Gasteiger partial charge >= 0.3 is 0 Å². The molecule has 4 aromatic rings. The Kier molecular flexibility index (Phi) is 8.41. The summed E-state index contributed by atoms with van der Waals surface area (Å²) in [5, 5.41) is 8.23. The highest BCUT2D eigenvalue weighted by molar-refractivity contribution is 7.89. The molecule has 0 spiro atoms. The number of hydrogen-bond acceptors (Lipinski definition) is 7. The molecule has 2 atom stereocenters. The Balaban J connectivity index is 1.22. The number of halogens is 1. The minimum Gasteiger partial charge on any atom is -0.497 e. The maximum Gasteiger partial charge on any atom is 0.244 e. The monoisotopic (exact) mass is 645 g/mol. The smallest absolute Gasteiger partial charge is 0.244 e. The van der Waals surface area contributed by atoms with E-state index < -0.39 is 21.4 Å². The minimum atomic E-state index is -3.85. The van der Waals surface area contributed by atoms with Crippen molar-refractivity contribution >= 4 is 27.1 Å². The summed E-state index contributed by atoms with van der Waals surface area (Å²) in [6.07, 6.45) is 6.07. The lowest BCUT2D eigenvalue weighted by molar-refractivity contribution is 0.206. The number of pyridine rings is 1. The third kappa shape index (κ3) is 6.13. The highest BCUT2D eigenvalue weighted by Gasteiger charge is 2.38. The van der Waals surface area contributed by atoms with Gasteiger partial charge in [0.25, 0.3) is 0 Å². The van der Waals surface area contributed by atoms with E-state index >= 15 is 4.39 Å². The first-order valence-electron chi connectivity index (χ1n) is 15.4. The quantitative estimate of drug-likeness (QED) is 0.203. The van der Waals surface area contributed by atoms with Gasteiger partial charge in [-0.3, -0.25) is 4.98 Å². The molecule has 3 heterocycles. The van der Waals surface area contributed by atoms with Crippen molar-refractivity contribution in [2.24, 2.45) is 0 Å². The average Bonchev–Trinajstić information content (AvgIpc) is 3.72. The molecule has 0 amide bonds. The summed E-state index contributed by atoms with van der Waals surface area (Å²) in [6, 6.07) is 14.0. The lowest BCUT2D eigenvalue weighted by Gasteiger charge is -2.23. The Hall–Kier alpha value is -4.22. The number of benzene rings is 2. The Morgan fingerprint density at radius 3 is 2.59 bits per heavy atom. The average molecular weight is 646 g/mol. The number of hydrogen-bond donors (Lipinski definition) is 1. The summed E-state index contributed by atoms with van der Waals surface area (Å²) in [7, 11) is -2.28. The molecule has 2 aromatic carbocycles. The lowest BCUT2D eigenvalue weighted by Crippen LogP contribution is -2.25. The van der Waals surface area contributed by atoms with Crippen LogP contribution in [0.15, 0.2) is 72.4 Å². The molecular weight excluding hydrogens is 605 g/mol. The van der Waals surface area contributed by atoms with Gasteiger partial charge in [0.1, 0.15) is 17.3 Å². The molecular formula is C35H40FN5O4S. The van der Waals surface area contributed by atoms with Crippen LogP contribution in [0.25, 0.3) is 5.57 Å². The zero-order chi connectivity index (χ0) is 32.8. The highest BCUT2D eigenvalue weighted by Crippen LogP contribution is 2.41. The van der Waals surface area contributed by atoms with Crippen LogP contribution in [0.3, 0.4) is 0 Å². The van der Waals surface area contributed by atoms with Crippen LogP contribution in [-0.4, -0.2) is 40.7 Å². The van der Waals surface area contributed by atoms with Crippen molar-refractivity contribution < 1.29 is 22.3 Å². The first-order valence-corrected chi connectivity index (χ1v) is 16.9. The van der Waals surface area contributed by atoms with E-state index in [1.807, 2.05) is 56.6 Å². The molecule has 46 heavy (non-hydrogen) atoms. The third-order valence-corrected chi connectivity index (χ3v) is 10.5. The second kappa shape index (κ2) is 12.2. The molecule has 2 aromatic heterocycles. The molecule has 1 aliphatic heterocycles. The van der Waals surface area contributed by atoms with E-state index in [0.29, 0.717) is 11.6 Å². The van der Waals surface area contributed by atoms with Gasteiger partial charge in [0.15, 0.2) is 5.82 Å². The van der Waals surface area contributed by atoms with Gasteiger partial charge in [-0.2, -0.15) is 9.40 Å². The number of allylic oxidation sites excluding steroid dienone is 1. The van der Waals surface area contributed by atoms with Gasteiger partial charge in [0.2, 0.25) is 10.0 Å². The van der Waals surface area contributed by atoms with Gasteiger partial charge in [-0.25, -0.2) is 17.5 Å². The van der Waals surface area contributed by atoms with E-state index in [2.05, 4.69) is 16.9 Å². The van der Waals surface area contributed by atoms with Crippen LogP contribution in [0.5, 0.6) is 11.5 Å². The number of ether oxygens (including phenoxy) is 2. The molecule has 242 valence electrons. The Morgan fingerprint density at radius 1 is 1.13 bits per heavy atom. The van der Waals surface area contributed by atoms with Crippen molar-refractivity contribution in [2.75, 3.05) is 12.4 Å². The molecule has 6 rings (SSSR count). The van der Waals surface area contributed by atoms with E-state index in [-0.39, 0.29) is 41.3 Å². The number of rotatable bonds is 9. The second-order valence-electron chi connectivity index (χ2n) is 13.1. The number of anilines is 2. The lowest BCUT2D eigenvalue weighted by atomic mass is 10.0. The third-order valence-electron chi connectivity index (χ3n) is 8.64. The van der Waals surface area contributed by atoms with Crippen LogP contribution < -0.4 is 14.8 Å². The topological polar surface area (TPSA) is 98.6 Å². The number of nitrogens with one attached hydrogen (secondary N) is 1. The van der Waals surface area contributed by atoms with Gasteiger partial charge in [0, 0.05) is 42.4 Å². The Bertz CT molecular complexity index is 1880. The SMILES string of the molecule is C=C(C)c1ccncc1O[C@@H]1CC[C@H](c2cc(Nc3ccc4c(c3F)CN(Cc3ccc(OC)cc3)S4(=O)=O)n(C(C)(C)C)n2)C1. The Labute approximate surface area is 270 Å². The fourth-order valence-corrected chi connectivity index (χ4v) is 7.83. The van der Waals surface area contributed by atoms with E-state index in [4.69, 9.17) is 14.6 Å². The van der Waals surface area contributed by atoms with E-state index in [1.165, 1.54) is 16.4 Å². The summed E-state index contributed by atoms with van der Waals surface area (Å²) < 4.78 is 57.5. The van der Waals surface area contributed by atoms with Gasteiger partial charge in [-0.1, -0.05) is 18.7 Å². The van der Waals surface area contributed by atoms with Crippen molar-refractivity contribution in [3.63, 3.8) is 0 Å². The summed E-state index contributed by atoms with van der Waals surface area (Å²) >= 11 is 0. The number of nitrogens with zero attached hydrogens (tertiary/aromatic N) is 4. The van der Waals surface area contributed by atoms with Crippen LogP contribution in [-0.2, 0) is 28.7 Å². The largest absolute Gasteiger partial charge is 0.497 e. The van der Waals surface area contributed by atoms with Gasteiger partial charge in [0.05, 0.1) is 41.2 Å². The number of aromatic nitrogens is 3. The molecule has 0 bridgehead atoms. The van der Waals surface area contributed by atoms with Crippen LogP contribution >= 0.6 is 0 Å². The van der Waals surface area contributed by atoms with Crippen molar-refractivity contribution in [3.05, 3.63) is 95.7 Å². The standard InChI is InChI=1S/C35H40FN5O4S/c1-22(2)27-15-16-37-19-31(27)45-26-12-9-24(17-26)30-18-33(41(39-30)35(3,4)5)38-29-13-14-32-28(34(29)36)21-40(46(32,42)43)20-23-7-10-25(44-6)11-8-23/h7-8,10-11,13-16,18-19,24,26,38H,1,9,12,17,20-21H2,2-6H3/t24-,26+/m0/s1. The second-order valence-corrected chi connectivity index (χ2v) is 15.0. The van der Waals surface area contributed by atoms with E-state index in [1.54, 1.807) is 31.6 Å². The van der Waals surface area contributed by atoms with Crippen molar-refractivity contribution in [3.8, 4) is 11.5 Å². The fraction of sp³-hybridized carbons (Fsp3) is 0.371. The fourth-order valence-electron chi connectivity index (χ4n) is 6.22. The predicted molar refractivity (Wildman–Crippen MR) is 176 cm³/mol. The van der Waals surface area contributed by atoms with E-state index in [9.17, 15) is 8.42 Å². The first kappa shape index (κ1) is 31.7. The molecule has 11 heteroatoms. The van der Waals surface area contributed by atoms with Crippen molar-refractivity contribution in [1.29, 1.82) is 0 Å². The highest BCUT2D eigenvalue weighted by atomic mass is 32.2. The summed E-state index contributed by atoms with van der Waals surface area (Å²) in [4.78, 5) is 4.23. The van der Waals surface area contributed by atoms with Crippen LogP contribution in [0.2, 0.25) is 0 Å². The van der Waals surface area contributed by atoms with Crippen LogP contribution in [0, 0.1) is 5.82 Å². The molecule has 0 radical (unpaired) electrons. The van der Waals surface area contributed by atoms with Crippen molar-refractivity contribution in [2.45, 2.75) is 82.5 Å². The molecule has 2 aliphatic rings. The van der Waals surface area contributed by atoms with Gasteiger partial charge < -0.3 is 14.8 Å². The summed E-state index contributed by atoms with van der Waals surface area (Å²) in [5.74, 6) is 1.64. The number of sulfonamides is 1. The molecule has 1 N–H and O–H groups in total. The van der Waals surface area contributed by atoms with Crippen LogP contribution in [0.4, 0.5) is 15.9 Å². The Morgan fingerprint density at radius 2 is 1.89 bits per heavy atom. The summed E-state index contributed by atoms with van der Waals surface area (Å²) in [6.45, 7) is 12.2. The van der Waals surface area contributed by atoms with Crippen LogP contribution in [0.1, 0.15) is 75.3 Å². The molecule has 0 saturated heterocycles. The van der Waals surface area contributed by atoms with E-state index in [0.717, 1.165) is 47.4 Å². The zero-order valence-electron chi connectivity index (χ0n) is 26.9. The minimum absolute atomic E-state index is 0.00509. The number of fused-ring (bicyclic) bond motifs is 1.